The van der Waals surface area contributed by atoms with Gasteiger partial charge < -0.3 is 10.4 Å². The molecular formula is C11H14N4O2. The molecule has 0 saturated heterocycles. The van der Waals surface area contributed by atoms with E-state index in [0.717, 1.165) is 17.0 Å². The van der Waals surface area contributed by atoms with Crippen LogP contribution >= 0.6 is 0 Å². The average molecular weight is 234 g/mol. The average Bonchev–Trinajstić information content (AvgIpc) is 2.59. The number of carbonyl (C=O) groups is 1. The first-order chi connectivity index (χ1) is 7.97. The van der Waals surface area contributed by atoms with Crippen molar-refractivity contribution in [3.63, 3.8) is 0 Å². The Morgan fingerprint density at radius 2 is 2.18 bits per heavy atom. The largest absolute Gasteiger partial charge is 0.477 e. The Morgan fingerprint density at radius 3 is 2.65 bits per heavy atom. The molecule has 2 heterocycles. The van der Waals surface area contributed by atoms with Crippen molar-refractivity contribution < 1.29 is 9.90 Å². The molecule has 1 atom stereocenters. The number of nitrogens with zero attached hydrogens (tertiary/aromatic N) is 3. The van der Waals surface area contributed by atoms with Crippen molar-refractivity contribution in [2.75, 3.05) is 0 Å². The van der Waals surface area contributed by atoms with Gasteiger partial charge in [0.2, 0.25) is 0 Å². The first kappa shape index (κ1) is 11.4. The summed E-state index contributed by atoms with van der Waals surface area (Å²) in [6.45, 7) is 5.48. The Morgan fingerprint density at radius 1 is 1.47 bits per heavy atom. The number of aliphatic imine (C=N–C) groups is 1. The third-order valence-electron chi connectivity index (χ3n) is 2.82. The zero-order valence-corrected chi connectivity index (χ0v) is 9.93. The minimum Gasteiger partial charge on any atom is -0.477 e. The second-order valence-electron chi connectivity index (χ2n) is 4.06. The number of rotatable bonds is 2. The molecule has 17 heavy (non-hydrogen) atoms. The van der Waals surface area contributed by atoms with Gasteiger partial charge in [-0.1, -0.05) is 0 Å². The molecule has 1 unspecified atom stereocenters. The molecule has 1 aliphatic heterocycles. The molecule has 0 amide bonds. The zero-order chi connectivity index (χ0) is 12.6. The van der Waals surface area contributed by atoms with Crippen LogP contribution in [0.25, 0.3) is 0 Å². The van der Waals surface area contributed by atoms with Gasteiger partial charge in [0.1, 0.15) is 0 Å². The quantitative estimate of drug-likeness (QED) is 0.792. The fourth-order valence-electron chi connectivity index (χ4n) is 1.73. The van der Waals surface area contributed by atoms with Crippen molar-refractivity contribution in [3.8, 4) is 0 Å². The van der Waals surface area contributed by atoms with Crippen LogP contribution in [0.4, 0.5) is 0 Å². The standard InChI is InChI=1S/C11H14N4O2/c1-7-6-13-15(9(7)3)11(10(16)17)12-5-4-8(2)14-11/h4-6,14H,1-3H3,(H,16,17). The Balaban J connectivity index is 2.58. The van der Waals surface area contributed by atoms with Crippen molar-refractivity contribution in [2.24, 2.45) is 4.99 Å². The number of carboxylic acids is 1. The molecule has 2 rings (SSSR count). The van der Waals surface area contributed by atoms with Crippen molar-refractivity contribution >= 4 is 12.2 Å². The highest BCUT2D eigenvalue weighted by molar-refractivity contribution is 5.83. The molecule has 0 spiro atoms. The van der Waals surface area contributed by atoms with E-state index in [4.69, 9.17) is 0 Å². The number of carboxylic acid groups (broad SMARTS) is 1. The smallest absolute Gasteiger partial charge is 0.377 e. The van der Waals surface area contributed by atoms with Crippen LogP contribution < -0.4 is 5.32 Å². The first-order valence-electron chi connectivity index (χ1n) is 5.23. The van der Waals surface area contributed by atoms with Crippen LogP contribution in [0.2, 0.25) is 0 Å². The molecule has 1 aromatic rings. The van der Waals surface area contributed by atoms with Gasteiger partial charge in [0.05, 0.1) is 6.20 Å². The lowest BCUT2D eigenvalue weighted by atomic mass is 10.2. The molecule has 0 bridgehead atoms. The number of nitrogens with one attached hydrogen (secondary N) is 1. The second-order valence-corrected chi connectivity index (χ2v) is 4.06. The Kier molecular flexibility index (Phi) is 2.49. The fourth-order valence-corrected chi connectivity index (χ4v) is 1.73. The van der Waals surface area contributed by atoms with E-state index >= 15 is 0 Å². The van der Waals surface area contributed by atoms with Gasteiger partial charge in [0.25, 0.3) is 0 Å². The van der Waals surface area contributed by atoms with E-state index in [9.17, 15) is 9.90 Å². The third-order valence-corrected chi connectivity index (χ3v) is 2.82. The molecule has 6 nitrogen and oxygen atoms in total. The minimum atomic E-state index is -1.57. The lowest BCUT2D eigenvalue weighted by Crippen LogP contribution is -2.54. The summed E-state index contributed by atoms with van der Waals surface area (Å²) in [7, 11) is 0. The highest BCUT2D eigenvalue weighted by Gasteiger charge is 2.43. The molecule has 1 aromatic heterocycles. The van der Waals surface area contributed by atoms with Crippen LogP contribution in [0.3, 0.4) is 0 Å². The molecule has 2 N–H and O–H groups in total. The van der Waals surface area contributed by atoms with Gasteiger partial charge in [-0.2, -0.15) is 5.10 Å². The van der Waals surface area contributed by atoms with Gasteiger partial charge in [-0.15, -0.1) is 0 Å². The predicted molar refractivity (Wildman–Crippen MR) is 62.7 cm³/mol. The molecule has 0 saturated carbocycles. The van der Waals surface area contributed by atoms with Gasteiger partial charge in [-0.3, -0.25) is 0 Å². The number of aliphatic carboxylic acids is 1. The normalized spacial score (nSPS) is 23.1. The van der Waals surface area contributed by atoms with Crippen molar-refractivity contribution in [2.45, 2.75) is 26.6 Å². The van der Waals surface area contributed by atoms with Gasteiger partial charge in [-0.25, -0.2) is 14.5 Å². The summed E-state index contributed by atoms with van der Waals surface area (Å²) in [5, 5.41) is 16.4. The van der Waals surface area contributed by atoms with Gasteiger partial charge in [-0.05, 0) is 32.4 Å². The predicted octanol–water partition coefficient (Wildman–Crippen LogP) is 0.773. The van der Waals surface area contributed by atoms with Crippen LogP contribution in [0.5, 0.6) is 0 Å². The summed E-state index contributed by atoms with van der Waals surface area (Å²) in [5.74, 6) is -2.66. The molecule has 0 fully saturated rings. The van der Waals surface area contributed by atoms with Crippen molar-refractivity contribution in [1.29, 1.82) is 0 Å². The maximum Gasteiger partial charge on any atom is 0.377 e. The molecule has 0 aliphatic carbocycles. The fraction of sp³-hybridized carbons (Fsp3) is 0.364. The molecule has 90 valence electrons. The lowest BCUT2D eigenvalue weighted by molar-refractivity contribution is -0.149. The van der Waals surface area contributed by atoms with Crippen molar-refractivity contribution in [3.05, 3.63) is 29.2 Å². The summed E-state index contributed by atoms with van der Waals surface area (Å²) in [4.78, 5) is 15.6. The lowest BCUT2D eigenvalue weighted by Gasteiger charge is -2.30. The van der Waals surface area contributed by atoms with Crippen LogP contribution in [0.1, 0.15) is 18.2 Å². The van der Waals surface area contributed by atoms with E-state index in [1.165, 1.54) is 10.9 Å². The van der Waals surface area contributed by atoms with Crippen LogP contribution in [-0.2, 0) is 10.6 Å². The highest BCUT2D eigenvalue weighted by Crippen LogP contribution is 2.22. The van der Waals surface area contributed by atoms with E-state index in [1.807, 2.05) is 13.8 Å². The Bertz CT molecular complexity index is 530. The highest BCUT2D eigenvalue weighted by atomic mass is 16.4. The van der Waals surface area contributed by atoms with Gasteiger partial charge in [0.15, 0.2) is 0 Å². The first-order valence-corrected chi connectivity index (χ1v) is 5.23. The summed E-state index contributed by atoms with van der Waals surface area (Å²) in [6.07, 6.45) is 4.83. The number of allylic oxidation sites excluding steroid dienone is 2. The molecule has 1 aliphatic rings. The number of aromatic nitrogens is 2. The monoisotopic (exact) mass is 234 g/mol. The van der Waals surface area contributed by atoms with Gasteiger partial charge in [0, 0.05) is 17.6 Å². The SMILES string of the molecule is CC1=CC=NC(C(=O)O)(n2ncc(C)c2C)N1. The van der Waals surface area contributed by atoms with Crippen LogP contribution in [0.15, 0.2) is 23.0 Å². The number of hydrogen-bond donors (Lipinski definition) is 2. The Labute approximate surface area is 98.7 Å². The summed E-state index contributed by atoms with van der Waals surface area (Å²) < 4.78 is 1.39. The third kappa shape index (κ3) is 1.61. The van der Waals surface area contributed by atoms with Gasteiger partial charge >= 0.3 is 11.8 Å². The molecule has 6 heteroatoms. The summed E-state index contributed by atoms with van der Waals surface area (Å²) >= 11 is 0. The summed E-state index contributed by atoms with van der Waals surface area (Å²) in [5.41, 5.74) is 2.43. The minimum absolute atomic E-state index is 0.731. The number of hydrogen-bond acceptors (Lipinski definition) is 4. The topological polar surface area (TPSA) is 79.5 Å². The van der Waals surface area contributed by atoms with Crippen LogP contribution in [-0.4, -0.2) is 27.1 Å². The maximum atomic E-state index is 11.5. The van der Waals surface area contributed by atoms with E-state index in [-0.39, 0.29) is 0 Å². The van der Waals surface area contributed by atoms with E-state index in [0.29, 0.717) is 0 Å². The molecule has 0 radical (unpaired) electrons. The summed E-state index contributed by atoms with van der Waals surface area (Å²) in [6, 6.07) is 0. The molecule has 0 aromatic carbocycles. The Hall–Kier alpha value is -2.11. The second kappa shape index (κ2) is 3.73. The maximum absolute atomic E-state index is 11.5. The van der Waals surface area contributed by atoms with Crippen LogP contribution in [0, 0.1) is 13.8 Å². The molecular weight excluding hydrogens is 220 g/mol. The van der Waals surface area contributed by atoms with Crippen molar-refractivity contribution in [1.82, 2.24) is 15.1 Å². The zero-order valence-electron chi connectivity index (χ0n) is 9.93. The van der Waals surface area contributed by atoms with E-state index in [2.05, 4.69) is 15.4 Å². The van der Waals surface area contributed by atoms with E-state index in [1.54, 1.807) is 19.2 Å². The number of aryl methyl sites for hydroxylation is 1. The van der Waals surface area contributed by atoms with E-state index < -0.39 is 11.8 Å².